The van der Waals surface area contributed by atoms with Crippen molar-refractivity contribution in [2.45, 2.75) is 46.3 Å². The van der Waals surface area contributed by atoms with E-state index in [1.807, 2.05) is 74.5 Å². The summed E-state index contributed by atoms with van der Waals surface area (Å²) in [5.41, 5.74) is 4.64. The minimum Gasteiger partial charge on any atom is -0.494 e. The maximum atomic E-state index is 6.30. The summed E-state index contributed by atoms with van der Waals surface area (Å²) in [5.74, 6) is 3.42. The first-order chi connectivity index (χ1) is 18.2. The molecule has 0 heterocycles. The van der Waals surface area contributed by atoms with E-state index in [0.717, 1.165) is 53.4 Å². The summed E-state index contributed by atoms with van der Waals surface area (Å²) in [7, 11) is 0. The minimum atomic E-state index is 0.517. The average Bonchev–Trinajstić information content (AvgIpc) is 2.94. The molecule has 0 aliphatic rings. The summed E-state index contributed by atoms with van der Waals surface area (Å²) in [6, 6.07) is 32.8. The fourth-order valence-electron chi connectivity index (χ4n) is 4.20. The molecule has 0 unspecified atom stereocenters. The molecule has 0 spiro atoms. The second-order valence-corrected chi connectivity index (χ2v) is 8.81. The van der Waals surface area contributed by atoms with Gasteiger partial charge in [-0.3, -0.25) is 0 Å². The van der Waals surface area contributed by atoms with Crippen LogP contribution >= 0.6 is 0 Å². The van der Waals surface area contributed by atoms with Crippen LogP contribution in [0.1, 0.15) is 42.5 Å². The smallest absolute Gasteiger partial charge is 0.126 e. The Morgan fingerprint density at radius 3 is 1.51 bits per heavy atom. The van der Waals surface area contributed by atoms with Gasteiger partial charge in [0.25, 0.3) is 0 Å². The topological polar surface area (TPSA) is 36.9 Å². The SMILES string of the molecule is CCOc1ccc(CCCc2ccc(OCc3ccccc3)cc2OCc2ccccc2)c(OCC)c1. The normalized spacial score (nSPS) is 10.6. The molecule has 4 rings (SSSR count). The van der Waals surface area contributed by atoms with Crippen LogP contribution in [0.2, 0.25) is 0 Å². The van der Waals surface area contributed by atoms with Crippen molar-refractivity contribution in [2.24, 2.45) is 0 Å². The lowest BCUT2D eigenvalue weighted by Gasteiger charge is -2.15. The Morgan fingerprint density at radius 1 is 0.486 bits per heavy atom. The van der Waals surface area contributed by atoms with E-state index in [-0.39, 0.29) is 0 Å². The van der Waals surface area contributed by atoms with Gasteiger partial charge in [0, 0.05) is 12.1 Å². The van der Waals surface area contributed by atoms with Crippen molar-refractivity contribution in [1.29, 1.82) is 0 Å². The van der Waals surface area contributed by atoms with E-state index in [4.69, 9.17) is 18.9 Å². The molecular formula is C33H36O4. The van der Waals surface area contributed by atoms with E-state index in [0.29, 0.717) is 26.4 Å². The van der Waals surface area contributed by atoms with Gasteiger partial charge < -0.3 is 18.9 Å². The van der Waals surface area contributed by atoms with Crippen LogP contribution < -0.4 is 18.9 Å². The van der Waals surface area contributed by atoms with E-state index < -0.39 is 0 Å². The average molecular weight is 497 g/mol. The molecule has 0 atom stereocenters. The van der Waals surface area contributed by atoms with Crippen LogP contribution in [-0.2, 0) is 26.1 Å². The lowest BCUT2D eigenvalue weighted by molar-refractivity contribution is 0.287. The van der Waals surface area contributed by atoms with Crippen molar-refractivity contribution < 1.29 is 18.9 Å². The molecule has 0 aliphatic carbocycles. The van der Waals surface area contributed by atoms with Crippen LogP contribution in [-0.4, -0.2) is 13.2 Å². The van der Waals surface area contributed by atoms with E-state index >= 15 is 0 Å². The highest BCUT2D eigenvalue weighted by Crippen LogP contribution is 2.30. The zero-order valence-electron chi connectivity index (χ0n) is 21.8. The number of hydrogen-bond donors (Lipinski definition) is 0. The zero-order valence-corrected chi connectivity index (χ0v) is 21.8. The molecule has 192 valence electrons. The first kappa shape index (κ1) is 26.2. The fraction of sp³-hybridized carbons (Fsp3) is 0.273. The lowest BCUT2D eigenvalue weighted by atomic mass is 10.0. The summed E-state index contributed by atoms with van der Waals surface area (Å²) in [6.07, 6.45) is 2.77. The second kappa shape index (κ2) is 14.0. The van der Waals surface area contributed by atoms with Crippen molar-refractivity contribution >= 4 is 0 Å². The monoisotopic (exact) mass is 496 g/mol. The van der Waals surface area contributed by atoms with E-state index in [2.05, 4.69) is 36.4 Å². The Bertz CT molecular complexity index is 1220. The van der Waals surface area contributed by atoms with E-state index in [1.165, 1.54) is 11.1 Å². The maximum absolute atomic E-state index is 6.30. The Hall–Kier alpha value is -3.92. The first-order valence-electron chi connectivity index (χ1n) is 13.1. The summed E-state index contributed by atoms with van der Waals surface area (Å²) in [6.45, 7) is 6.31. The third kappa shape index (κ3) is 8.04. The summed E-state index contributed by atoms with van der Waals surface area (Å²) < 4.78 is 23.9. The predicted molar refractivity (Wildman–Crippen MR) is 149 cm³/mol. The van der Waals surface area contributed by atoms with E-state index in [9.17, 15) is 0 Å². The zero-order chi connectivity index (χ0) is 25.7. The molecule has 0 aromatic heterocycles. The standard InChI is InChI=1S/C33H36O4/c1-3-34-30-20-18-28(32(22-30)35-4-2)16-11-17-29-19-21-31(36-24-26-12-7-5-8-13-26)23-33(29)37-25-27-14-9-6-10-15-27/h5-10,12-15,18-23H,3-4,11,16-17,24-25H2,1-2H3. The van der Waals surface area contributed by atoms with Crippen LogP contribution in [0.15, 0.2) is 97.1 Å². The number of ether oxygens (including phenoxy) is 4. The maximum Gasteiger partial charge on any atom is 0.126 e. The van der Waals surface area contributed by atoms with E-state index in [1.54, 1.807) is 0 Å². The summed E-state index contributed by atoms with van der Waals surface area (Å²) >= 11 is 0. The predicted octanol–water partition coefficient (Wildman–Crippen LogP) is 7.82. The van der Waals surface area contributed by atoms with Crippen molar-refractivity contribution in [3.05, 3.63) is 119 Å². The van der Waals surface area contributed by atoms with Gasteiger partial charge >= 0.3 is 0 Å². The lowest BCUT2D eigenvalue weighted by Crippen LogP contribution is -2.02. The summed E-state index contributed by atoms with van der Waals surface area (Å²) in [5, 5.41) is 0. The third-order valence-corrected chi connectivity index (χ3v) is 6.07. The van der Waals surface area contributed by atoms with Gasteiger partial charge in [-0.05, 0) is 67.5 Å². The molecule has 0 saturated carbocycles. The van der Waals surface area contributed by atoms with Crippen molar-refractivity contribution in [3.8, 4) is 23.0 Å². The molecule has 0 aliphatic heterocycles. The molecular weight excluding hydrogens is 460 g/mol. The van der Waals surface area contributed by atoms with Gasteiger partial charge in [0.1, 0.15) is 36.2 Å². The third-order valence-electron chi connectivity index (χ3n) is 6.07. The van der Waals surface area contributed by atoms with Crippen molar-refractivity contribution in [1.82, 2.24) is 0 Å². The molecule has 0 fully saturated rings. The molecule has 4 nitrogen and oxygen atoms in total. The van der Waals surface area contributed by atoms with Gasteiger partial charge in [0.05, 0.1) is 13.2 Å². The number of rotatable bonds is 14. The van der Waals surface area contributed by atoms with Crippen LogP contribution in [0, 0.1) is 0 Å². The Labute approximate surface area is 220 Å². The molecule has 37 heavy (non-hydrogen) atoms. The van der Waals surface area contributed by atoms with Crippen molar-refractivity contribution in [2.75, 3.05) is 13.2 Å². The second-order valence-electron chi connectivity index (χ2n) is 8.81. The summed E-state index contributed by atoms with van der Waals surface area (Å²) in [4.78, 5) is 0. The first-order valence-corrected chi connectivity index (χ1v) is 13.1. The van der Waals surface area contributed by atoms with Crippen molar-refractivity contribution in [3.63, 3.8) is 0 Å². The quantitative estimate of drug-likeness (QED) is 0.178. The molecule has 4 aromatic carbocycles. The largest absolute Gasteiger partial charge is 0.494 e. The van der Waals surface area contributed by atoms with Gasteiger partial charge in [0.15, 0.2) is 0 Å². The highest BCUT2D eigenvalue weighted by molar-refractivity contribution is 5.43. The number of aryl methyl sites for hydroxylation is 2. The van der Waals surface area contributed by atoms with Crippen LogP contribution in [0.25, 0.3) is 0 Å². The van der Waals surface area contributed by atoms with Gasteiger partial charge in [-0.15, -0.1) is 0 Å². The molecule has 0 radical (unpaired) electrons. The van der Waals surface area contributed by atoms with Crippen LogP contribution in [0.4, 0.5) is 0 Å². The Kier molecular flexibility index (Phi) is 9.88. The fourth-order valence-corrected chi connectivity index (χ4v) is 4.20. The Morgan fingerprint density at radius 2 is 0.973 bits per heavy atom. The minimum absolute atomic E-state index is 0.517. The highest BCUT2D eigenvalue weighted by atomic mass is 16.5. The molecule has 0 amide bonds. The molecule has 0 N–H and O–H groups in total. The van der Waals surface area contributed by atoms with Gasteiger partial charge in [-0.1, -0.05) is 72.8 Å². The molecule has 4 heteroatoms. The Balaban J connectivity index is 1.45. The molecule has 0 saturated heterocycles. The number of benzene rings is 4. The highest BCUT2D eigenvalue weighted by Gasteiger charge is 2.10. The van der Waals surface area contributed by atoms with Gasteiger partial charge in [-0.25, -0.2) is 0 Å². The van der Waals surface area contributed by atoms with Crippen LogP contribution in [0.5, 0.6) is 23.0 Å². The van der Waals surface area contributed by atoms with Crippen LogP contribution in [0.3, 0.4) is 0 Å². The molecule has 4 aromatic rings. The number of hydrogen-bond acceptors (Lipinski definition) is 4. The van der Waals surface area contributed by atoms with Gasteiger partial charge in [-0.2, -0.15) is 0 Å². The molecule has 0 bridgehead atoms. The van der Waals surface area contributed by atoms with Gasteiger partial charge in [0.2, 0.25) is 0 Å².